The summed E-state index contributed by atoms with van der Waals surface area (Å²) in [6, 6.07) is -1.68. The van der Waals surface area contributed by atoms with Gasteiger partial charge in [-0.3, -0.25) is 4.79 Å². The number of thiol groups is 1. The molecule has 0 aromatic rings. The Bertz CT molecular complexity index is 1450. The first-order chi connectivity index (χ1) is 31.5. The van der Waals surface area contributed by atoms with Crippen LogP contribution in [-0.4, -0.2) is 288 Å². The van der Waals surface area contributed by atoms with Gasteiger partial charge in [0.1, 0.15) is 116 Å². The van der Waals surface area contributed by atoms with Gasteiger partial charge in [-0.05, 0) is 18.6 Å². The van der Waals surface area contributed by atoms with E-state index in [1.165, 1.54) is 0 Å². The molecular weight excluding hydrogens is 920 g/mol. The molecule has 5 saturated heterocycles. The molecule has 0 aromatic carbocycles. The first-order valence-corrected chi connectivity index (χ1v) is 22.1. The number of ether oxygens (including phenoxy) is 10. The van der Waals surface area contributed by atoms with Gasteiger partial charge in [0.25, 0.3) is 0 Å². The normalized spacial score (nSPS) is 46.8. The number of nitrogens with one attached hydrogen (secondary N) is 1. The minimum atomic E-state index is -2.05. The van der Waals surface area contributed by atoms with E-state index in [1.54, 1.807) is 0 Å². The smallest absolute Gasteiger partial charge is 0.220 e. The Balaban J connectivity index is 1.22. The van der Waals surface area contributed by atoms with Crippen LogP contribution in [0.1, 0.15) is 19.3 Å². The molecular formula is C37H66N2O26S. The molecule has 0 aromatic heterocycles. The molecule has 0 bridgehead atoms. The molecule has 1 amide bonds. The molecule has 18 N–H and O–H groups in total. The van der Waals surface area contributed by atoms with E-state index in [-0.39, 0.29) is 19.1 Å². The zero-order chi connectivity index (χ0) is 48.6. The lowest BCUT2D eigenvalue weighted by Gasteiger charge is -2.50. The van der Waals surface area contributed by atoms with E-state index in [2.05, 4.69) is 17.9 Å². The summed E-state index contributed by atoms with van der Waals surface area (Å²) < 4.78 is 56.4. The van der Waals surface area contributed by atoms with E-state index in [9.17, 15) is 81.4 Å². The Morgan fingerprint density at radius 3 is 1.38 bits per heavy atom. The van der Waals surface area contributed by atoms with Gasteiger partial charge in [0.05, 0.1) is 45.7 Å². The van der Waals surface area contributed by atoms with Crippen LogP contribution < -0.4 is 11.1 Å². The van der Waals surface area contributed by atoms with Crippen molar-refractivity contribution >= 4 is 18.5 Å². The molecule has 66 heavy (non-hydrogen) atoms. The zero-order valence-corrected chi connectivity index (χ0v) is 36.3. The van der Waals surface area contributed by atoms with Crippen LogP contribution in [0.2, 0.25) is 0 Å². The molecule has 0 spiro atoms. The lowest BCUT2D eigenvalue weighted by molar-refractivity contribution is -0.386. The van der Waals surface area contributed by atoms with E-state index >= 15 is 0 Å². The fourth-order valence-corrected chi connectivity index (χ4v) is 8.17. The van der Waals surface area contributed by atoms with Gasteiger partial charge in [-0.15, -0.1) is 0 Å². The van der Waals surface area contributed by atoms with Crippen LogP contribution in [0, 0.1) is 0 Å². The second-order valence-electron chi connectivity index (χ2n) is 16.4. The topological polar surface area (TPSA) is 451 Å². The fourth-order valence-electron chi connectivity index (χ4n) is 8.02. The second kappa shape index (κ2) is 25.8. The van der Waals surface area contributed by atoms with Gasteiger partial charge in [0.2, 0.25) is 5.91 Å². The van der Waals surface area contributed by atoms with Crippen molar-refractivity contribution in [3.63, 3.8) is 0 Å². The Kier molecular flexibility index (Phi) is 21.7. The summed E-state index contributed by atoms with van der Waals surface area (Å²) in [5.74, 6) is 0.368. The fraction of sp³-hybridized carbons (Fsp3) is 0.973. The summed E-state index contributed by atoms with van der Waals surface area (Å²) >= 11 is 4.06. The highest BCUT2D eigenvalue weighted by molar-refractivity contribution is 7.80. The summed E-state index contributed by atoms with van der Waals surface area (Å²) in [5.41, 5.74) is 6.29. The van der Waals surface area contributed by atoms with E-state index in [0.29, 0.717) is 25.0 Å². The molecule has 0 aliphatic carbocycles. The number of carbonyl (C=O) groups excluding carboxylic acids is 1. The Labute approximate surface area is 382 Å². The van der Waals surface area contributed by atoms with Crippen LogP contribution in [0.25, 0.3) is 0 Å². The Hall–Kier alpha value is -1.22. The molecule has 0 radical (unpaired) electrons. The average Bonchev–Trinajstić information content (AvgIpc) is 3.31. The van der Waals surface area contributed by atoms with E-state index in [1.807, 2.05) is 0 Å². The van der Waals surface area contributed by atoms with Crippen molar-refractivity contribution < 1.29 is 129 Å². The van der Waals surface area contributed by atoms with E-state index in [4.69, 9.17) is 53.1 Å². The first-order valence-electron chi connectivity index (χ1n) is 21.4. The maximum atomic E-state index is 11.8. The van der Waals surface area contributed by atoms with Gasteiger partial charge in [-0.25, -0.2) is 0 Å². The van der Waals surface area contributed by atoms with Crippen LogP contribution in [-0.2, 0) is 52.2 Å². The summed E-state index contributed by atoms with van der Waals surface area (Å²) in [5, 5.41) is 162. The molecule has 5 heterocycles. The monoisotopic (exact) mass is 986 g/mol. The number of carbonyl (C=O) groups is 1. The third kappa shape index (κ3) is 12.8. The van der Waals surface area contributed by atoms with Crippen molar-refractivity contribution in [3.8, 4) is 0 Å². The highest BCUT2D eigenvalue weighted by atomic mass is 32.1. The summed E-state index contributed by atoms with van der Waals surface area (Å²) in [7, 11) is 0. The molecule has 5 aliphatic heterocycles. The summed E-state index contributed by atoms with van der Waals surface area (Å²) in [6.07, 6.45) is -41.4. The third-order valence-electron chi connectivity index (χ3n) is 11.9. The first kappa shape index (κ1) is 55.7. The number of nitrogens with two attached hydrogens (primary N) is 1. The van der Waals surface area contributed by atoms with Gasteiger partial charge in [-0.1, -0.05) is 0 Å². The quantitative estimate of drug-likeness (QED) is 0.0375. The molecule has 18 unspecified atom stereocenters. The number of amides is 1. The molecule has 0 saturated carbocycles. The van der Waals surface area contributed by atoms with Gasteiger partial charge in [0, 0.05) is 13.0 Å². The van der Waals surface area contributed by atoms with Crippen LogP contribution in [0.15, 0.2) is 0 Å². The molecule has 5 fully saturated rings. The Morgan fingerprint density at radius 1 is 0.470 bits per heavy atom. The van der Waals surface area contributed by atoms with Crippen molar-refractivity contribution in [2.24, 2.45) is 5.73 Å². The van der Waals surface area contributed by atoms with Crippen molar-refractivity contribution in [1.82, 2.24) is 5.32 Å². The van der Waals surface area contributed by atoms with Crippen molar-refractivity contribution in [1.29, 1.82) is 0 Å². The maximum Gasteiger partial charge on any atom is 0.220 e. The molecule has 5 rings (SSSR count). The predicted molar refractivity (Wildman–Crippen MR) is 213 cm³/mol. The van der Waals surface area contributed by atoms with Crippen LogP contribution >= 0.6 is 12.6 Å². The number of rotatable bonds is 21. The van der Waals surface area contributed by atoms with E-state index in [0.717, 1.165) is 0 Å². The molecule has 25 atom stereocenters. The van der Waals surface area contributed by atoms with Crippen molar-refractivity contribution in [3.05, 3.63) is 0 Å². The minimum absolute atomic E-state index is 0.0385. The zero-order valence-electron chi connectivity index (χ0n) is 35.4. The van der Waals surface area contributed by atoms with Crippen LogP contribution in [0.4, 0.5) is 0 Å². The number of aliphatic hydroxyl groups excluding tert-OH is 15. The van der Waals surface area contributed by atoms with E-state index < -0.39 is 187 Å². The average molecular weight is 987 g/mol. The lowest BCUT2D eigenvalue weighted by Crippen LogP contribution is -2.69. The van der Waals surface area contributed by atoms with Crippen molar-refractivity contribution in [2.45, 2.75) is 173 Å². The number of aliphatic hydroxyl groups is 15. The maximum absolute atomic E-state index is 11.8. The molecule has 386 valence electrons. The Morgan fingerprint density at radius 2 is 0.879 bits per heavy atom. The largest absolute Gasteiger partial charge is 0.394 e. The van der Waals surface area contributed by atoms with Gasteiger partial charge < -0.3 is 135 Å². The second-order valence-corrected chi connectivity index (χ2v) is 16.9. The van der Waals surface area contributed by atoms with Crippen LogP contribution in [0.3, 0.4) is 0 Å². The van der Waals surface area contributed by atoms with Crippen LogP contribution in [0.5, 0.6) is 0 Å². The summed E-state index contributed by atoms with van der Waals surface area (Å²) in [6.45, 7) is -4.22. The molecule has 29 heteroatoms. The molecule has 28 nitrogen and oxygen atoms in total. The minimum Gasteiger partial charge on any atom is -0.394 e. The van der Waals surface area contributed by atoms with Gasteiger partial charge in [0.15, 0.2) is 31.5 Å². The number of hydrogen-bond donors (Lipinski definition) is 18. The SMILES string of the molecule is NC1C(O)[C@@H](OC2OC(CO)[C@@H](O)C(OC3OC(CO)[C@@H](O)C(O)C3O)C2O)C(CO)O[C@H]1OC1C(O)[C@H](O[C@@H]2C(CO)OC(OCCCNC(=O)CCCS)C(O)C2O)OC(CO)[C@@H]1O. The highest BCUT2D eigenvalue weighted by Crippen LogP contribution is 2.35. The third-order valence-corrected chi connectivity index (χ3v) is 12.2. The van der Waals surface area contributed by atoms with Gasteiger partial charge >= 0.3 is 0 Å². The standard InChI is InChI=1S/C37H66N2O26S/c38-18-22(49)29(62-36-28(55)32(21(48)14(9-42)58-36)65-35-25(52)23(50)19(46)12(7-40)57-35)15(10-43)60-33(18)64-31-20(47)13(8-41)59-37(27(31)54)63-30-16(11-44)61-34(26(53)24(30)51)56-5-2-4-39-17(45)3-1-6-66/h12-16,18-37,40-44,46-55,66H,1-11,38H2,(H,39,45)/t12?,13?,14?,15?,16?,18?,19-,20+,21-,22?,23?,24?,25?,26?,27?,28?,29+,30-,31?,32?,33+,34?,35?,36?,37+/m1/s1. The lowest BCUT2D eigenvalue weighted by atomic mass is 9.94. The predicted octanol–water partition coefficient (Wildman–Crippen LogP) is -10.7. The number of hydrogen-bond acceptors (Lipinski definition) is 28. The summed E-state index contributed by atoms with van der Waals surface area (Å²) in [4.78, 5) is 11.8. The van der Waals surface area contributed by atoms with Crippen molar-refractivity contribution in [2.75, 3.05) is 51.9 Å². The highest BCUT2D eigenvalue weighted by Gasteiger charge is 2.56. The molecule has 5 aliphatic rings. The van der Waals surface area contributed by atoms with Gasteiger partial charge in [-0.2, -0.15) is 12.6 Å².